The normalized spacial score (nSPS) is 9.65. The Morgan fingerprint density at radius 3 is 2.00 bits per heavy atom. The van der Waals surface area contributed by atoms with Gasteiger partial charge in [-0.1, -0.05) is 41.5 Å². The van der Waals surface area contributed by atoms with Crippen LogP contribution in [0.4, 0.5) is 0 Å². The Bertz CT molecular complexity index is 351. The summed E-state index contributed by atoms with van der Waals surface area (Å²) in [6.07, 6.45) is 3.26. The number of aromatic nitrogens is 4. The molecule has 0 aliphatic heterocycles. The lowest BCUT2D eigenvalue weighted by Crippen LogP contribution is -1.85. The molecule has 0 unspecified atom stereocenters. The van der Waals surface area contributed by atoms with E-state index in [4.69, 9.17) is 0 Å². The van der Waals surface area contributed by atoms with E-state index in [9.17, 15) is 0 Å². The Morgan fingerprint density at radius 2 is 1.53 bits per heavy atom. The number of hydrogen-bond acceptors (Lipinski definition) is 3. The first-order valence-corrected chi connectivity index (χ1v) is 6.04. The van der Waals surface area contributed by atoms with Crippen molar-refractivity contribution in [2.75, 3.05) is 0 Å². The molecule has 17 heavy (non-hydrogen) atoms. The average Bonchev–Trinajstić information content (AvgIpc) is 2.62. The molecule has 0 saturated heterocycles. The predicted molar refractivity (Wildman–Crippen MR) is 71.8 cm³/mol. The summed E-state index contributed by atoms with van der Waals surface area (Å²) in [5.41, 5.74) is 0.775. The molecule has 96 valence electrons. The molecule has 0 atom stereocenters. The van der Waals surface area contributed by atoms with Gasteiger partial charge < -0.3 is 0 Å². The van der Waals surface area contributed by atoms with Crippen LogP contribution >= 0.6 is 0 Å². The standard InChI is InChI=1S/C5H4N4.2C4H10/c1-2-5-8-6-4-9(5)7-3-1;2*1-4(2)3/h1-4H;2*4H,1-3H3. The van der Waals surface area contributed by atoms with E-state index in [1.165, 1.54) is 0 Å². The summed E-state index contributed by atoms with van der Waals surface area (Å²) in [6.45, 7) is 13.0. The van der Waals surface area contributed by atoms with Crippen molar-refractivity contribution in [3.63, 3.8) is 0 Å². The zero-order valence-corrected chi connectivity index (χ0v) is 11.8. The average molecular weight is 236 g/mol. The van der Waals surface area contributed by atoms with Crippen molar-refractivity contribution in [3.8, 4) is 0 Å². The summed E-state index contributed by atoms with van der Waals surface area (Å²) in [7, 11) is 0. The molecule has 0 aliphatic rings. The Labute approximate surface area is 104 Å². The van der Waals surface area contributed by atoms with Crippen LogP contribution in [-0.4, -0.2) is 19.8 Å². The van der Waals surface area contributed by atoms with Crippen LogP contribution in [0.5, 0.6) is 0 Å². The number of hydrogen-bond donors (Lipinski definition) is 0. The molecule has 4 heteroatoms. The summed E-state index contributed by atoms with van der Waals surface area (Å²) in [4.78, 5) is 0. The van der Waals surface area contributed by atoms with Gasteiger partial charge in [-0.05, 0) is 24.0 Å². The van der Waals surface area contributed by atoms with Gasteiger partial charge in [-0.2, -0.15) is 5.10 Å². The number of fused-ring (bicyclic) bond motifs is 1. The molecular formula is C13H24N4. The molecule has 0 aliphatic carbocycles. The zero-order chi connectivity index (χ0) is 13.3. The molecular weight excluding hydrogens is 212 g/mol. The van der Waals surface area contributed by atoms with E-state index in [-0.39, 0.29) is 0 Å². The third kappa shape index (κ3) is 9.48. The van der Waals surface area contributed by atoms with E-state index in [1.807, 2.05) is 12.1 Å². The van der Waals surface area contributed by atoms with Gasteiger partial charge in [0.1, 0.15) is 6.33 Å². The van der Waals surface area contributed by atoms with Crippen LogP contribution in [0, 0.1) is 11.8 Å². The second-order valence-corrected chi connectivity index (χ2v) is 5.12. The van der Waals surface area contributed by atoms with Gasteiger partial charge in [-0.15, -0.1) is 10.2 Å². The summed E-state index contributed by atoms with van der Waals surface area (Å²) >= 11 is 0. The van der Waals surface area contributed by atoms with Crippen LogP contribution in [-0.2, 0) is 0 Å². The van der Waals surface area contributed by atoms with Crippen molar-refractivity contribution in [2.45, 2.75) is 41.5 Å². The molecule has 0 saturated carbocycles. The van der Waals surface area contributed by atoms with E-state index in [0.29, 0.717) is 0 Å². The highest BCUT2D eigenvalue weighted by Crippen LogP contribution is 1.90. The first kappa shape index (κ1) is 15.6. The van der Waals surface area contributed by atoms with Gasteiger partial charge in [0.05, 0.1) is 0 Å². The number of nitrogens with zero attached hydrogens (tertiary/aromatic N) is 4. The van der Waals surface area contributed by atoms with E-state index < -0.39 is 0 Å². The lowest BCUT2D eigenvalue weighted by Gasteiger charge is -1.83. The van der Waals surface area contributed by atoms with Gasteiger partial charge in [0, 0.05) is 6.20 Å². The van der Waals surface area contributed by atoms with Crippen molar-refractivity contribution in [2.24, 2.45) is 11.8 Å². The van der Waals surface area contributed by atoms with Crippen LogP contribution < -0.4 is 0 Å². The highest BCUT2D eigenvalue weighted by molar-refractivity contribution is 5.32. The summed E-state index contributed by atoms with van der Waals surface area (Å²) < 4.78 is 1.61. The van der Waals surface area contributed by atoms with Crippen LogP contribution in [0.2, 0.25) is 0 Å². The van der Waals surface area contributed by atoms with Crippen LogP contribution in [0.3, 0.4) is 0 Å². The fourth-order valence-corrected chi connectivity index (χ4v) is 0.677. The highest BCUT2D eigenvalue weighted by atomic mass is 15.3. The summed E-state index contributed by atoms with van der Waals surface area (Å²) in [6, 6.07) is 3.67. The minimum atomic E-state index is 0.775. The Hall–Kier alpha value is -1.45. The maximum absolute atomic E-state index is 3.93. The van der Waals surface area contributed by atoms with Gasteiger partial charge in [0.25, 0.3) is 0 Å². The minimum absolute atomic E-state index is 0.775. The molecule has 4 nitrogen and oxygen atoms in total. The van der Waals surface area contributed by atoms with Gasteiger partial charge in [0.15, 0.2) is 5.65 Å². The van der Waals surface area contributed by atoms with E-state index in [1.54, 1.807) is 17.0 Å². The Morgan fingerprint density at radius 1 is 1.00 bits per heavy atom. The van der Waals surface area contributed by atoms with Crippen LogP contribution in [0.25, 0.3) is 5.65 Å². The molecule has 0 aromatic carbocycles. The summed E-state index contributed by atoms with van der Waals surface area (Å²) in [5.74, 6) is 1.67. The van der Waals surface area contributed by atoms with Crippen LogP contribution in [0.15, 0.2) is 24.7 Å². The molecule has 0 fully saturated rings. The molecule has 0 spiro atoms. The predicted octanol–water partition coefficient (Wildman–Crippen LogP) is 3.45. The smallest absolute Gasteiger partial charge is 0.177 e. The molecule has 0 bridgehead atoms. The fourth-order valence-electron chi connectivity index (χ4n) is 0.677. The zero-order valence-electron chi connectivity index (χ0n) is 11.8. The first-order valence-electron chi connectivity index (χ1n) is 6.04. The van der Waals surface area contributed by atoms with Crippen molar-refractivity contribution >= 4 is 5.65 Å². The molecule has 2 aromatic heterocycles. The van der Waals surface area contributed by atoms with E-state index >= 15 is 0 Å². The Kier molecular flexibility index (Phi) is 7.93. The van der Waals surface area contributed by atoms with Crippen molar-refractivity contribution < 1.29 is 0 Å². The van der Waals surface area contributed by atoms with Gasteiger partial charge in [-0.25, -0.2) is 4.52 Å². The third-order valence-corrected chi connectivity index (χ3v) is 1.08. The van der Waals surface area contributed by atoms with Crippen molar-refractivity contribution in [1.82, 2.24) is 19.8 Å². The molecule has 0 N–H and O–H groups in total. The summed E-state index contributed by atoms with van der Waals surface area (Å²) in [5, 5.41) is 11.4. The highest BCUT2D eigenvalue weighted by Gasteiger charge is 1.88. The second-order valence-electron chi connectivity index (χ2n) is 5.12. The lowest BCUT2D eigenvalue weighted by molar-refractivity contribution is 0.736. The third-order valence-electron chi connectivity index (χ3n) is 1.08. The second kappa shape index (κ2) is 8.67. The van der Waals surface area contributed by atoms with Crippen molar-refractivity contribution in [1.29, 1.82) is 0 Å². The topological polar surface area (TPSA) is 43.1 Å². The molecule has 2 rings (SSSR count). The van der Waals surface area contributed by atoms with Crippen molar-refractivity contribution in [3.05, 3.63) is 24.7 Å². The first-order chi connectivity index (χ1) is 7.93. The fraction of sp³-hybridized carbons (Fsp3) is 0.615. The largest absolute Gasteiger partial charge is 0.201 e. The monoisotopic (exact) mass is 236 g/mol. The lowest BCUT2D eigenvalue weighted by atomic mass is 10.3. The molecule has 0 amide bonds. The Balaban J connectivity index is 0.000000274. The maximum Gasteiger partial charge on any atom is 0.177 e. The molecule has 2 heterocycles. The molecule has 2 aromatic rings. The SMILES string of the molecule is CC(C)C.CC(C)C.c1cnn2cnnc2c1. The van der Waals surface area contributed by atoms with Crippen LogP contribution in [0.1, 0.15) is 41.5 Å². The van der Waals surface area contributed by atoms with Gasteiger partial charge in [0.2, 0.25) is 0 Å². The quantitative estimate of drug-likeness (QED) is 0.703. The van der Waals surface area contributed by atoms with E-state index in [2.05, 4.69) is 56.8 Å². The number of rotatable bonds is 0. The van der Waals surface area contributed by atoms with E-state index in [0.717, 1.165) is 17.5 Å². The maximum atomic E-state index is 3.93. The van der Waals surface area contributed by atoms with Gasteiger partial charge in [-0.3, -0.25) is 0 Å². The van der Waals surface area contributed by atoms with Gasteiger partial charge >= 0.3 is 0 Å². The minimum Gasteiger partial charge on any atom is -0.201 e. The molecule has 0 radical (unpaired) electrons.